The van der Waals surface area contributed by atoms with Crippen LogP contribution in [-0.4, -0.2) is 29.9 Å². The number of nitrogen functional groups attached to an aromatic ring is 1. The zero-order chi connectivity index (χ0) is 17.4. The van der Waals surface area contributed by atoms with Gasteiger partial charge in [0.1, 0.15) is 23.0 Å². The monoisotopic (exact) mass is 328 g/mol. The molecular formula is C17H20N4O3. The molecule has 5 N–H and O–H groups in total. The second-order valence-electron chi connectivity index (χ2n) is 5.09. The van der Waals surface area contributed by atoms with Gasteiger partial charge in [0.15, 0.2) is 0 Å². The number of carbonyl (C=O) groups excluding carboxylic acids is 1. The maximum Gasteiger partial charge on any atom is 0.267 e. The predicted molar refractivity (Wildman–Crippen MR) is 90.4 cm³/mol. The molecule has 7 nitrogen and oxygen atoms in total. The molecule has 0 aliphatic heterocycles. The molecule has 1 heterocycles. The Morgan fingerprint density at radius 3 is 2.04 bits per heavy atom. The minimum absolute atomic E-state index is 0.0389. The maximum atomic E-state index is 10.9. The number of rotatable bonds is 9. The molecule has 1 aromatic heterocycles. The number of hydrogen-bond acceptors (Lipinski definition) is 5. The van der Waals surface area contributed by atoms with Crippen molar-refractivity contribution < 1.29 is 14.3 Å². The predicted octanol–water partition coefficient (Wildman–Crippen LogP) is 1.70. The number of nitrogens with one attached hydrogen (secondary N) is 1. The molecule has 0 spiro atoms. The highest BCUT2D eigenvalue weighted by Crippen LogP contribution is 2.13. The van der Waals surface area contributed by atoms with Gasteiger partial charge in [-0.05, 0) is 49.2 Å². The van der Waals surface area contributed by atoms with E-state index in [1.807, 2.05) is 0 Å². The van der Waals surface area contributed by atoms with Gasteiger partial charge in [0.2, 0.25) is 0 Å². The van der Waals surface area contributed by atoms with Crippen LogP contribution >= 0.6 is 0 Å². The van der Waals surface area contributed by atoms with Crippen molar-refractivity contribution in [1.29, 1.82) is 5.41 Å². The van der Waals surface area contributed by atoms with Gasteiger partial charge in [0.05, 0.1) is 19.4 Å². The van der Waals surface area contributed by atoms with Crippen molar-refractivity contribution in [1.82, 2.24) is 4.98 Å². The number of aromatic nitrogens is 1. The zero-order valence-corrected chi connectivity index (χ0v) is 13.2. The minimum atomic E-state index is -0.560. The van der Waals surface area contributed by atoms with Crippen molar-refractivity contribution in [3.8, 4) is 11.5 Å². The highest BCUT2D eigenvalue weighted by molar-refractivity contribution is 5.94. The number of amidine groups is 1. The van der Waals surface area contributed by atoms with Crippen molar-refractivity contribution in [2.24, 2.45) is 11.5 Å². The van der Waals surface area contributed by atoms with E-state index in [0.29, 0.717) is 24.5 Å². The van der Waals surface area contributed by atoms with Crippen molar-refractivity contribution >= 4 is 11.7 Å². The van der Waals surface area contributed by atoms with Gasteiger partial charge in [-0.2, -0.15) is 0 Å². The topological polar surface area (TPSA) is 124 Å². The summed E-state index contributed by atoms with van der Waals surface area (Å²) in [6, 6.07) is 10.3. The van der Waals surface area contributed by atoms with E-state index in [1.54, 1.807) is 30.3 Å². The summed E-state index contributed by atoms with van der Waals surface area (Å²) in [7, 11) is 0. The smallest absolute Gasteiger partial charge is 0.267 e. The zero-order valence-electron chi connectivity index (χ0n) is 13.2. The lowest BCUT2D eigenvalue weighted by atomic mass is 10.2. The Kier molecular flexibility index (Phi) is 6.13. The summed E-state index contributed by atoms with van der Waals surface area (Å²) in [6.45, 7) is 1.10. The van der Waals surface area contributed by atoms with Gasteiger partial charge in [-0.15, -0.1) is 0 Å². The van der Waals surface area contributed by atoms with Gasteiger partial charge in [-0.3, -0.25) is 10.2 Å². The highest BCUT2D eigenvalue weighted by atomic mass is 16.5. The van der Waals surface area contributed by atoms with Crippen LogP contribution in [0.15, 0.2) is 42.6 Å². The third-order valence-electron chi connectivity index (χ3n) is 3.23. The summed E-state index contributed by atoms with van der Waals surface area (Å²) in [5.41, 5.74) is 11.4. The van der Waals surface area contributed by atoms with Crippen molar-refractivity contribution in [2.45, 2.75) is 12.8 Å². The largest absolute Gasteiger partial charge is 0.494 e. The lowest BCUT2D eigenvalue weighted by Gasteiger charge is -2.08. The number of pyridine rings is 1. The quantitative estimate of drug-likeness (QED) is 0.367. The molecule has 7 heteroatoms. The molecule has 24 heavy (non-hydrogen) atoms. The van der Waals surface area contributed by atoms with Gasteiger partial charge in [-0.1, -0.05) is 0 Å². The van der Waals surface area contributed by atoms with E-state index in [2.05, 4.69) is 4.98 Å². The first-order chi connectivity index (χ1) is 11.6. The molecule has 2 rings (SSSR count). The number of nitrogens with two attached hydrogens (primary N) is 2. The third kappa shape index (κ3) is 5.28. The summed E-state index contributed by atoms with van der Waals surface area (Å²) in [6.07, 6.45) is 3.14. The van der Waals surface area contributed by atoms with Crippen molar-refractivity contribution in [2.75, 3.05) is 13.2 Å². The Bertz CT molecular complexity index is 622. The minimum Gasteiger partial charge on any atom is -0.494 e. The Balaban J connectivity index is 1.62. The normalized spacial score (nSPS) is 10.2. The number of ether oxygens (including phenoxy) is 2. The molecule has 0 aliphatic carbocycles. The van der Waals surface area contributed by atoms with Gasteiger partial charge in [0, 0.05) is 5.56 Å². The van der Waals surface area contributed by atoms with E-state index in [-0.39, 0.29) is 11.5 Å². The third-order valence-corrected chi connectivity index (χ3v) is 3.23. The van der Waals surface area contributed by atoms with Crippen LogP contribution in [-0.2, 0) is 0 Å². The maximum absolute atomic E-state index is 10.9. The molecule has 0 bridgehead atoms. The molecule has 126 valence electrons. The van der Waals surface area contributed by atoms with Gasteiger partial charge >= 0.3 is 0 Å². The number of primary amides is 1. The number of unbranched alkanes of at least 4 members (excludes halogenated alkanes) is 1. The average Bonchev–Trinajstić information content (AvgIpc) is 2.58. The number of benzene rings is 1. The van der Waals surface area contributed by atoms with Crippen molar-refractivity contribution in [3.05, 3.63) is 53.9 Å². The van der Waals surface area contributed by atoms with Crippen LogP contribution in [0.1, 0.15) is 28.9 Å². The first-order valence-electron chi connectivity index (χ1n) is 7.52. The fourth-order valence-electron chi connectivity index (χ4n) is 1.93. The fraction of sp³-hybridized carbons (Fsp3) is 0.235. The Labute approximate surface area is 140 Å². The standard InChI is InChI=1S/C17H20N4O3/c18-16(19)12-3-5-13(6-4-12)23-9-1-2-10-24-14-7-8-15(17(20)22)21-11-14/h3-8,11H,1-2,9-10H2,(H3,18,19)(H2,20,22). The van der Waals surface area contributed by atoms with E-state index in [9.17, 15) is 4.79 Å². The lowest BCUT2D eigenvalue weighted by molar-refractivity contribution is 0.0995. The number of hydrogen-bond donors (Lipinski definition) is 3. The van der Waals surface area contributed by atoms with Crippen LogP contribution < -0.4 is 20.9 Å². The first-order valence-corrected chi connectivity index (χ1v) is 7.52. The van der Waals surface area contributed by atoms with E-state index in [1.165, 1.54) is 12.3 Å². The summed E-state index contributed by atoms with van der Waals surface area (Å²) >= 11 is 0. The summed E-state index contributed by atoms with van der Waals surface area (Å²) < 4.78 is 11.1. The second kappa shape index (κ2) is 8.52. The molecule has 0 aliphatic rings. The molecule has 0 unspecified atom stereocenters. The van der Waals surface area contributed by atoms with Crippen LogP contribution in [0.4, 0.5) is 0 Å². The van der Waals surface area contributed by atoms with E-state index < -0.39 is 5.91 Å². The molecule has 0 saturated carbocycles. The molecule has 1 amide bonds. The van der Waals surface area contributed by atoms with Crippen LogP contribution in [0.2, 0.25) is 0 Å². The Hall–Kier alpha value is -3.09. The van der Waals surface area contributed by atoms with E-state index in [0.717, 1.165) is 18.6 Å². The first kappa shape index (κ1) is 17.3. The Morgan fingerprint density at radius 1 is 0.958 bits per heavy atom. The number of nitrogens with zero attached hydrogens (tertiary/aromatic N) is 1. The molecule has 0 saturated heterocycles. The molecule has 1 aromatic carbocycles. The average molecular weight is 328 g/mol. The van der Waals surface area contributed by atoms with Crippen LogP contribution in [0, 0.1) is 5.41 Å². The van der Waals surface area contributed by atoms with Crippen LogP contribution in [0.25, 0.3) is 0 Å². The van der Waals surface area contributed by atoms with Gasteiger partial charge in [0.25, 0.3) is 5.91 Å². The summed E-state index contributed by atoms with van der Waals surface area (Å²) in [4.78, 5) is 14.8. The van der Waals surface area contributed by atoms with Crippen molar-refractivity contribution in [3.63, 3.8) is 0 Å². The summed E-state index contributed by atoms with van der Waals surface area (Å²) in [5.74, 6) is 0.819. The fourth-order valence-corrected chi connectivity index (χ4v) is 1.93. The SMILES string of the molecule is N=C(N)c1ccc(OCCCCOc2ccc(C(N)=O)nc2)cc1. The molecular weight excluding hydrogens is 308 g/mol. The summed E-state index contributed by atoms with van der Waals surface area (Å²) in [5, 5.41) is 7.32. The molecule has 0 atom stereocenters. The molecule has 0 radical (unpaired) electrons. The molecule has 2 aromatic rings. The number of carbonyl (C=O) groups is 1. The Morgan fingerprint density at radius 2 is 1.54 bits per heavy atom. The van der Waals surface area contributed by atoms with Crippen LogP contribution in [0.3, 0.4) is 0 Å². The van der Waals surface area contributed by atoms with E-state index >= 15 is 0 Å². The number of amides is 1. The molecule has 0 fully saturated rings. The van der Waals surface area contributed by atoms with E-state index in [4.69, 9.17) is 26.4 Å². The second-order valence-corrected chi connectivity index (χ2v) is 5.09. The van der Waals surface area contributed by atoms with Gasteiger partial charge < -0.3 is 20.9 Å². The lowest BCUT2D eigenvalue weighted by Crippen LogP contribution is -2.12. The van der Waals surface area contributed by atoms with Gasteiger partial charge in [-0.25, -0.2) is 4.98 Å². The van der Waals surface area contributed by atoms with Crippen LogP contribution in [0.5, 0.6) is 11.5 Å². The highest BCUT2D eigenvalue weighted by Gasteiger charge is 2.02.